The van der Waals surface area contributed by atoms with E-state index in [2.05, 4.69) is 43.7 Å². The predicted molar refractivity (Wildman–Crippen MR) is 180 cm³/mol. The van der Waals surface area contributed by atoms with Crippen molar-refractivity contribution in [1.29, 1.82) is 0 Å². The number of aryl methyl sites for hydroxylation is 1. The molecule has 5 aromatic rings. The fraction of sp³-hybridized carbons (Fsp3) is 0.278. The lowest BCUT2D eigenvalue weighted by atomic mass is 10.0. The Bertz CT molecular complexity index is 2050. The molecule has 3 aromatic carbocycles. The average Bonchev–Trinajstić information content (AvgIpc) is 3.94. The van der Waals surface area contributed by atoms with Gasteiger partial charge in [0.15, 0.2) is 5.82 Å². The molecule has 0 bridgehead atoms. The molecule has 5 heterocycles. The maximum Gasteiger partial charge on any atom is 0.407 e. The number of carbonyl (C=O) groups excluding carboxylic acids is 2. The van der Waals surface area contributed by atoms with Crippen molar-refractivity contribution in [2.45, 2.75) is 50.2 Å². The van der Waals surface area contributed by atoms with Crippen molar-refractivity contribution in [3.63, 3.8) is 0 Å². The molecule has 0 radical (unpaired) electrons. The summed E-state index contributed by atoms with van der Waals surface area (Å²) < 4.78 is 4.79. The number of para-hydroxylation sites is 1. The second-order valence-corrected chi connectivity index (χ2v) is 12.6. The number of carbonyl (C=O) groups is 3. The summed E-state index contributed by atoms with van der Waals surface area (Å²) in [6, 6.07) is 20.9. The van der Waals surface area contributed by atoms with Crippen LogP contribution in [0.25, 0.3) is 33.8 Å². The van der Waals surface area contributed by atoms with Gasteiger partial charge in [-0.25, -0.2) is 19.6 Å². The van der Waals surface area contributed by atoms with Crippen LogP contribution in [0, 0.1) is 0 Å². The topological polar surface area (TPSA) is 169 Å². The number of alkyl carbamates (subject to hydrolysis) is 1. The molecule has 4 N–H and O–H groups in total. The number of imidazole rings is 1. The lowest BCUT2D eigenvalue weighted by Crippen LogP contribution is -2.48. The largest absolute Gasteiger partial charge is 0.465 e. The van der Waals surface area contributed by atoms with E-state index in [1.54, 1.807) is 11.1 Å². The van der Waals surface area contributed by atoms with Gasteiger partial charge in [0, 0.05) is 18.5 Å². The minimum atomic E-state index is -0.944. The molecule has 3 amide bonds. The summed E-state index contributed by atoms with van der Waals surface area (Å²) in [6.07, 6.45) is 3.52. The van der Waals surface area contributed by atoms with Crippen molar-refractivity contribution in [2.24, 2.45) is 0 Å². The molecule has 0 saturated carbocycles. The lowest BCUT2D eigenvalue weighted by Gasteiger charge is -2.27. The number of aromatic amines is 2. The Morgan fingerprint density at radius 2 is 1.63 bits per heavy atom. The molecule has 1 saturated heterocycles. The molecule has 3 aliphatic rings. The van der Waals surface area contributed by atoms with Gasteiger partial charge in [-0.3, -0.25) is 19.7 Å². The van der Waals surface area contributed by atoms with E-state index >= 15 is 0 Å². The number of methoxy groups -OCH3 is 1. The van der Waals surface area contributed by atoms with Gasteiger partial charge in [-0.2, -0.15) is 5.10 Å². The van der Waals surface area contributed by atoms with Crippen LogP contribution in [0.2, 0.25) is 0 Å². The third-order valence-corrected chi connectivity index (χ3v) is 9.78. The number of nitrogens with zero attached hydrogens (tertiary/aromatic N) is 5. The summed E-state index contributed by atoms with van der Waals surface area (Å²) >= 11 is 0. The fourth-order valence-corrected chi connectivity index (χ4v) is 7.32. The predicted octanol–water partition coefficient (Wildman–Crippen LogP) is 5.64. The highest BCUT2D eigenvalue weighted by Gasteiger charge is 2.43. The van der Waals surface area contributed by atoms with Crippen molar-refractivity contribution in [3.05, 3.63) is 95.7 Å². The van der Waals surface area contributed by atoms with E-state index in [0.717, 1.165) is 57.6 Å². The van der Waals surface area contributed by atoms with Crippen LogP contribution < -0.4 is 10.2 Å². The third-order valence-electron chi connectivity index (χ3n) is 9.78. The first-order valence-corrected chi connectivity index (χ1v) is 16.3. The minimum Gasteiger partial charge on any atom is -0.465 e. The van der Waals surface area contributed by atoms with Crippen molar-refractivity contribution in [2.75, 3.05) is 18.6 Å². The van der Waals surface area contributed by atoms with Gasteiger partial charge in [0.25, 0.3) is 0 Å². The van der Waals surface area contributed by atoms with Crippen LogP contribution in [0.15, 0.2) is 72.9 Å². The smallest absolute Gasteiger partial charge is 0.407 e. The Labute approximate surface area is 281 Å². The fourth-order valence-electron chi connectivity index (χ4n) is 7.32. The molecule has 248 valence electrons. The molecule has 8 rings (SSSR count). The van der Waals surface area contributed by atoms with Crippen molar-refractivity contribution >= 4 is 23.8 Å². The van der Waals surface area contributed by atoms with Crippen molar-refractivity contribution in [3.8, 4) is 33.8 Å². The number of likely N-dealkylation sites (tertiary alicyclic amines) is 1. The number of carboxylic acid groups (broad SMARTS) is 1. The Morgan fingerprint density at radius 3 is 2.37 bits per heavy atom. The third kappa shape index (κ3) is 5.46. The molecule has 0 aliphatic carbocycles. The Balaban J connectivity index is 0.988. The molecule has 2 aromatic heterocycles. The van der Waals surface area contributed by atoms with Gasteiger partial charge in [-0.1, -0.05) is 66.7 Å². The number of rotatable bonds is 6. The Kier molecular flexibility index (Phi) is 7.58. The number of amides is 3. The first-order chi connectivity index (χ1) is 23.9. The first-order valence-electron chi connectivity index (χ1n) is 16.3. The zero-order chi connectivity index (χ0) is 33.6. The molecule has 3 aliphatic heterocycles. The van der Waals surface area contributed by atoms with Crippen molar-refractivity contribution < 1.29 is 24.2 Å². The number of benzene rings is 3. The summed E-state index contributed by atoms with van der Waals surface area (Å²) in [5.41, 5.74) is 7.78. The van der Waals surface area contributed by atoms with Crippen LogP contribution in [0.4, 0.5) is 15.3 Å². The lowest BCUT2D eigenvalue weighted by molar-refractivity contribution is -0.121. The van der Waals surface area contributed by atoms with Crippen LogP contribution in [0.1, 0.15) is 54.1 Å². The van der Waals surface area contributed by atoms with E-state index in [-0.39, 0.29) is 18.0 Å². The van der Waals surface area contributed by atoms with Crippen LogP contribution >= 0.6 is 0 Å². The molecule has 3 atom stereocenters. The molecule has 1 fully saturated rings. The highest BCUT2D eigenvalue weighted by atomic mass is 16.5. The standard InChI is InChI=1S/C36H34N8O5/c1-49-35(46)39-26-16-15-23-4-2-5-25-18-29(44(30(23)25)34(26)45)32-37-19-27(38-32)22-11-7-20(8-12-22)21-9-13-24(14-10-21)31-40-33(42-41-31)28-6-3-17-43(28)36(47)48/h2,4-5,7-14,19,26,28-29H,3,6,15-18H2,1H3,(H,37,38)(H,39,46)(H,47,48)(H,40,41,42)/t26-,28?,29-/m0/s1. The molecule has 13 heteroatoms. The monoisotopic (exact) mass is 658 g/mol. The van der Waals surface area contributed by atoms with Gasteiger partial charge < -0.3 is 20.1 Å². The number of nitrogens with one attached hydrogen (secondary N) is 3. The number of hydrogen-bond acceptors (Lipinski definition) is 7. The van der Waals surface area contributed by atoms with Crippen molar-refractivity contribution in [1.82, 2.24) is 35.4 Å². The normalized spacial score (nSPS) is 19.9. The van der Waals surface area contributed by atoms with Crippen LogP contribution in [-0.4, -0.2) is 72.9 Å². The van der Waals surface area contributed by atoms with E-state index in [1.807, 2.05) is 48.5 Å². The van der Waals surface area contributed by atoms with Gasteiger partial charge in [0.2, 0.25) is 5.91 Å². The summed E-state index contributed by atoms with van der Waals surface area (Å²) in [5, 5.41) is 19.5. The van der Waals surface area contributed by atoms with E-state index in [0.29, 0.717) is 43.3 Å². The molecule has 13 nitrogen and oxygen atoms in total. The summed E-state index contributed by atoms with van der Waals surface area (Å²) in [5.74, 6) is 1.61. The zero-order valence-corrected chi connectivity index (χ0v) is 26.7. The second-order valence-electron chi connectivity index (χ2n) is 12.6. The quantitative estimate of drug-likeness (QED) is 0.182. The Morgan fingerprint density at radius 1 is 0.918 bits per heavy atom. The zero-order valence-electron chi connectivity index (χ0n) is 26.7. The molecule has 1 unspecified atom stereocenters. The summed E-state index contributed by atoms with van der Waals surface area (Å²) in [7, 11) is 1.29. The van der Waals surface area contributed by atoms with E-state index in [1.165, 1.54) is 12.0 Å². The van der Waals surface area contributed by atoms with Gasteiger partial charge in [-0.15, -0.1) is 0 Å². The summed E-state index contributed by atoms with van der Waals surface area (Å²) in [4.78, 5) is 53.4. The first kappa shape index (κ1) is 30.4. The number of anilines is 1. The maximum atomic E-state index is 13.8. The van der Waals surface area contributed by atoms with Gasteiger partial charge >= 0.3 is 12.2 Å². The number of ether oxygens (including phenoxy) is 1. The van der Waals surface area contributed by atoms with Gasteiger partial charge in [-0.05, 0) is 53.5 Å². The van der Waals surface area contributed by atoms with Gasteiger partial charge in [0.1, 0.15) is 17.7 Å². The average molecular weight is 659 g/mol. The highest BCUT2D eigenvalue weighted by Crippen LogP contribution is 2.44. The number of hydrogen-bond donors (Lipinski definition) is 4. The summed E-state index contributed by atoms with van der Waals surface area (Å²) in [6.45, 7) is 0.499. The number of aromatic nitrogens is 5. The molecular weight excluding hydrogens is 624 g/mol. The molecular formula is C36H34N8O5. The van der Waals surface area contributed by atoms with E-state index < -0.39 is 18.2 Å². The van der Waals surface area contributed by atoms with Gasteiger partial charge in [0.05, 0.1) is 36.8 Å². The van der Waals surface area contributed by atoms with E-state index in [4.69, 9.17) is 9.72 Å². The molecule has 49 heavy (non-hydrogen) atoms. The number of H-pyrrole nitrogens is 2. The SMILES string of the molecule is COC(=O)N[C@H]1CCc2cccc3c2N(C1=O)[C@H](c1ncc(-c2ccc(-c4ccc(-c5n[nH]c(C6CCCN6C(=O)O)n5)cc4)cc2)[nH]1)C3. The highest BCUT2D eigenvalue weighted by molar-refractivity contribution is 6.02. The Hall–Kier alpha value is -5.98. The maximum absolute atomic E-state index is 13.8. The van der Waals surface area contributed by atoms with Crippen LogP contribution in [0.3, 0.4) is 0 Å². The minimum absolute atomic E-state index is 0.172. The van der Waals surface area contributed by atoms with E-state index in [9.17, 15) is 19.5 Å². The molecule has 0 spiro atoms. The van der Waals surface area contributed by atoms with Crippen LogP contribution in [-0.2, 0) is 22.4 Å². The second kappa shape index (κ2) is 12.2. The van der Waals surface area contributed by atoms with Crippen LogP contribution in [0.5, 0.6) is 0 Å².